The van der Waals surface area contributed by atoms with Crippen molar-refractivity contribution in [1.82, 2.24) is 9.97 Å². The number of aromatic nitrogens is 2. The summed E-state index contributed by atoms with van der Waals surface area (Å²) in [6, 6.07) is 18.1. The normalized spacial score (nSPS) is 11.3. The molecule has 1 aromatic heterocycles. The minimum atomic E-state index is -1.06. The van der Waals surface area contributed by atoms with E-state index in [1.165, 1.54) is 18.5 Å². The van der Waals surface area contributed by atoms with Gasteiger partial charge in [0.15, 0.2) is 11.2 Å². The van der Waals surface area contributed by atoms with Crippen LogP contribution in [0.5, 0.6) is 0 Å². The molecular weight excluding hydrogens is 374 g/mol. The lowest BCUT2D eigenvalue weighted by Gasteiger charge is -2.15. The second-order valence-electron chi connectivity index (χ2n) is 5.76. The largest absolute Gasteiger partial charge is 0.460 e. The summed E-state index contributed by atoms with van der Waals surface area (Å²) in [5, 5.41) is 0.104. The van der Waals surface area contributed by atoms with E-state index in [1.54, 1.807) is 0 Å². The molecule has 0 bridgehead atoms. The van der Waals surface area contributed by atoms with Gasteiger partial charge >= 0.3 is 5.97 Å². The third-order valence-corrected chi connectivity index (χ3v) is 4.15. The number of carbonyl (C=O) groups is 1. The Morgan fingerprint density at radius 2 is 1.61 bits per heavy atom. The zero-order valence-electron chi connectivity index (χ0n) is 15.0. The van der Waals surface area contributed by atoms with Gasteiger partial charge in [0.2, 0.25) is 0 Å². The third-order valence-electron chi connectivity index (χ3n) is 3.86. The van der Waals surface area contributed by atoms with Crippen molar-refractivity contribution in [1.29, 1.82) is 0 Å². The SMILES string of the molecule is C=CCOC(=O)C(N=C(c1ccccc1)c1ccccc1)c1nccnc1Cl. The van der Waals surface area contributed by atoms with Crippen molar-refractivity contribution in [3.05, 3.63) is 108 Å². The average Bonchev–Trinajstić information content (AvgIpc) is 2.75. The van der Waals surface area contributed by atoms with Gasteiger partial charge in [0, 0.05) is 23.5 Å². The van der Waals surface area contributed by atoms with Gasteiger partial charge in [0.05, 0.1) is 5.71 Å². The molecular formula is C22H18ClN3O2. The number of rotatable bonds is 7. The molecule has 0 saturated heterocycles. The van der Waals surface area contributed by atoms with Crippen molar-refractivity contribution in [3.8, 4) is 0 Å². The van der Waals surface area contributed by atoms with E-state index < -0.39 is 12.0 Å². The van der Waals surface area contributed by atoms with Crippen LogP contribution in [0.25, 0.3) is 0 Å². The van der Waals surface area contributed by atoms with Gasteiger partial charge in [-0.05, 0) is 0 Å². The molecule has 3 aromatic rings. The van der Waals surface area contributed by atoms with E-state index in [1.807, 2.05) is 60.7 Å². The van der Waals surface area contributed by atoms with Gasteiger partial charge in [-0.3, -0.25) is 9.98 Å². The molecule has 3 rings (SSSR count). The Morgan fingerprint density at radius 1 is 1.04 bits per heavy atom. The first-order valence-corrected chi connectivity index (χ1v) is 9.01. The molecule has 1 unspecified atom stereocenters. The number of ether oxygens (including phenoxy) is 1. The number of benzene rings is 2. The smallest absolute Gasteiger partial charge is 0.337 e. The van der Waals surface area contributed by atoms with Crippen molar-refractivity contribution in [2.24, 2.45) is 4.99 Å². The van der Waals surface area contributed by atoms with E-state index in [0.717, 1.165) is 11.1 Å². The molecule has 0 radical (unpaired) electrons. The monoisotopic (exact) mass is 391 g/mol. The van der Waals surface area contributed by atoms with Gasteiger partial charge in [-0.25, -0.2) is 9.78 Å². The fourth-order valence-electron chi connectivity index (χ4n) is 2.60. The summed E-state index contributed by atoms with van der Waals surface area (Å²) in [7, 11) is 0. The molecule has 0 aliphatic heterocycles. The Balaban J connectivity index is 2.15. The summed E-state index contributed by atoms with van der Waals surface area (Å²) in [4.78, 5) is 25.7. The van der Waals surface area contributed by atoms with Crippen molar-refractivity contribution in [2.45, 2.75) is 6.04 Å². The number of hydrogen-bond donors (Lipinski definition) is 0. The Hall–Kier alpha value is -3.31. The van der Waals surface area contributed by atoms with Gasteiger partial charge in [-0.1, -0.05) is 84.9 Å². The second kappa shape index (κ2) is 9.58. The molecule has 0 spiro atoms. The molecule has 0 N–H and O–H groups in total. The topological polar surface area (TPSA) is 64.4 Å². The van der Waals surface area contributed by atoms with Crippen molar-refractivity contribution in [2.75, 3.05) is 6.61 Å². The maximum atomic E-state index is 12.7. The first-order chi connectivity index (χ1) is 13.7. The quantitative estimate of drug-likeness (QED) is 0.339. The predicted octanol–water partition coefficient (Wildman–Crippen LogP) is 4.44. The molecule has 0 saturated carbocycles. The van der Waals surface area contributed by atoms with Gasteiger partial charge in [0.1, 0.15) is 12.3 Å². The lowest BCUT2D eigenvalue weighted by molar-refractivity contribution is -0.144. The molecule has 1 heterocycles. The predicted molar refractivity (Wildman–Crippen MR) is 109 cm³/mol. The molecule has 28 heavy (non-hydrogen) atoms. The van der Waals surface area contributed by atoms with Crippen LogP contribution in [0.15, 0.2) is 90.7 Å². The zero-order chi connectivity index (χ0) is 19.8. The van der Waals surface area contributed by atoms with Crippen LogP contribution in [0.4, 0.5) is 0 Å². The first kappa shape index (κ1) is 19.5. The van der Waals surface area contributed by atoms with Crippen LogP contribution in [0.1, 0.15) is 22.9 Å². The van der Waals surface area contributed by atoms with Crippen molar-refractivity contribution in [3.63, 3.8) is 0 Å². The summed E-state index contributed by atoms with van der Waals surface area (Å²) in [6.07, 6.45) is 4.42. The lowest BCUT2D eigenvalue weighted by Crippen LogP contribution is -2.19. The molecule has 0 aliphatic rings. The molecule has 140 valence electrons. The summed E-state index contributed by atoms with van der Waals surface area (Å²) >= 11 is 6.20. The van der Waals surface area contributed by atoms with Crippen LogP contribution in [0.2, 0.25) is 5.15 Å². The van der Waals surface area contributed by atoms with Crippen LogP contribution < -0.4 is 0 Å². The second-order valence-corrected chi connectivity index (χ2v) is 6.12. The lowest BCUT2D eigenvalue weighted by atomic mass is 10.0. The zero-order valence-corrected chi connectivity index (χ0v) is 15.8. The minimum Gasteiger partial charge on any atom is -0.460 e. The Labute approximate surface area is 168 Å². The Kier molecular flexibility index (Phi) is 6.65. The first-order valence-electron chi connectivity index (χ1n) is 8.63. The highest BCUT2D eigenvalue weighted by Crippen LogP contribution is 2.25. The van der Waals surface area contributed by atoms with Gasteiger partial charge in [0.25, 0.3) is 0 Å². The van der Waals surface area contributed by atoms with Crippen molar-refractivity contribution >= 4 is 23.3 Å². The van der Waals surface area contributed by atoms with E-state index >= 15 is 0 Å². The highest BCUT2D eigenvalue weighted by atomic mass is 35.5. The Morgan fingerprint density at radius 3 is 2.14 bits per heavy atom. The van der Waals surface area contributed by atoms with E-state index in [4.69, 9.17) is 21.3 Å². The van der Waals surface area contributed by atoms with Crippen LogP contribution in [-0.4, -0.2) is 28.3 Å². The number of aliphatic imine (C=N–C) groups is 1. The summed E-state index contributed by atoms with van der Waals surface area (Å²) in [6.45, 7) is 3.64. The maximum Gasteiger partial charge on any atom is 0.337 e. The van der Waals surface area contributed by atoms with Crippen LogP contribution in [0.3, 0.4) is 0 Å². The van der Waals surface area contributed by atoms with Crippen LogP contribution in [-0.2, 0) is 9.53 Å². The fraction of sp³-hybridized carbons (Fsp3) is 0.0909. The standard InChI is InChI=1S/C22H18ClN3O2/c1-2-15-28-22(27)20(19-21(23)25-14-13-24-19)26-18(16-9-5-3-6-10-16)17-11-7-4-8-12-17/h2-14,20H,1,15H2. The van der Waals surface area contributed by atoms with E-state index in [9.17, 15) is 4.79 Å². The fourth-order valence-corrected chi connectivity index (χ4v) is 2.81. The average molecular weight is 392 g/mol. The molecule has 1 atom stereocenters. The minimum absolute atomic E-state index is 0.0642. The summed E-state index contributed by atoms with van der Waals surface area (Å²) in [5.41, 5.74) is 2.58. The summed E-state index contributed by atoms with van der Waals surface area (Å²) in [5.74, 6) is -0.577. The molecule has 5 nitrogen and oxygen atoms in total. The van der Waals surface area contributed by atoms with Crippen LogP contribution >= 0.6 is 11.6 Å². The van der Waals surface area contributed by atoms with E-state index in [-0.39, 0.29) is 17.5 Å². The highest BCUT2D eigenvalue weighted by Gasteiger charge is 2.27. The van der Waals surface area contributed by atoms with Crippen molar-refractivity contribution < 1.29 is 9.53 Å². The Bertz CT molecular complexity index is 934. The molecule has 0 fully saturated rings. The molecule has 6 heteroatoms. The number of halogens is 1. The molecule has 2 aromatic carbocycles. The number of carbonyl (C=O) groups excluding carboxylic acids is 1. The van der Waals surface area contributed by atoms with E-state index in [0.29, 0.717) is 5.71 Å². The van der Waals surface area contributed by atoms with Gasteiger partial charge in [-0.2, -0.15) is 0 Å². The number of esters is 1. The number of nitrogens with zero attached hydrogens (tertiary/aromatic N) is 3. The number of hydrogen-bond acceptors (Lipinski definition) is 5. The summed E-state index contributed by atoms with van der Waals surface area (Å²) < 4.78 is 5.24. The van der Waals surface area contributed by atoms with Crippen LogP contribution in [0, 0.1) is 0 Å². The van der Waals surface area contributed by atoms with E-state index in [2.05, 4.69) is 16.5 Å². The molecule has 0 aliphatic carbocycles. The highest BCUT2D eigenvalue weighted by molar-refractivity contribution is 6.30. The maximum absolute atomic E-state index is 12.7. The molecule has 0 amide bonds. The van der Waals surface area contributed by atoms with Gasteiger partial charge in [-0.15, -0.1) is 0 Å². The third kappa shape index (κ3) is 4.69. The van der Waals surface area contributed by atoms with Gasteiger partial charge < -0.3 is 4.74 Å².